The zero-order chi connectivity index (χ0) is 28.1. The van der Waals surface area contributed by atoms with Crippen molar-refractivity contribution in [3.8, 4) is 0 Å². The summed E-state index contributed by atoms with van der Waals surface area (Å²) in [6, 6.07) is 10.0. The number of hydrogen-bond acceptors (Lipinski definition) is 6. The topological polar surface area (TPSA) is 57.5 Å². The molecule has 1 atom stereocenters. The van der Waals surface area contributed by atoms with E-state index in [1.165, 1.54) is 12.1 Å². The van der Waals surface area contributed by atoms with Crippen molar-refractivity contribution in [3.63, 3.8) is 0 Å². The fourth-order valence-electron chi connectivity index (χ4n) is 6.47. The third-order valence-electron chi connectivity index (χ3n) is 9.14. The third-order valence-corrected chi connectivity index (χ3v) is 9.14. The molecule has 1 aromatic carbocycles. The van der Waals surface area contributed by atoms with Gasteiger partial charge in [-0.1, -0.05) is 19.1 Å². The predicted octanol–water partition coefficient (Wildman–Crippen LogP) is 4.88. The van der Waals surface area contributed by atoms with Gasteiger partial charge in [0.25, 0.3) is 5.56 Å². The van der Waals surface area contributed by atoms with Gasteiger partial charge in [0.1, 0.15) is 0 Å². The van der Waals surface area contributed by atoms with Gasteiger partial charge in [0, 0.05) is 50.0 Å². The monoisotopic (exact) mass is 554 g/mol. The number of piperazine rings is 1. The van der Waals surface area contributed by atoms with E-state index in [1.54, 1.807) is 24.4 Å². The largest absolute Gasteiger partial charge is 0.416 e. The second-order valence-electron chi connectivity index (χ2n) is 11.9. The lowest BCUT2D eigenvalue weighted by atomic mass is 9.98. The van der Waals surface area contributed by atoms with E-state index in [4.69, 9.17) is 4.98 Å². The Hall–Kier alpha value is -2.98. The molecule has 0 spiro atoms. The van der Waals surface area contributed by atoms with Crippen LogP contribution in [-0.4, -0.2) is 69.1 Å². The summed E-state index contributed by atoms with van der Waals surface area (Å²) < 4.78 is 40.6. The molecule has 3 fully saturated rings. The zero-order valence-electron chi connectivity index (χ0n) is 23.2. The molecular weight excluding hydrogens is 517 g/mol. The van der Waals surface area contributed by atoms with Crippen molar-refractivity contribution in [2.24, 2.45) is 0 Å². The van der Waals surface area contributed by atoms with Gasteiger partial charge in [0.2, 0.25) is 5.95 Å². The highest BCUT2D eigenvalue weighted by atomic mass is 19.4. The molecular formula is C30H37F3N6O. The van der Waals surface area contributed by atoms with Gasteiger partial charge in [-0.05, 0) is 81.9 Å². The Morgan fingerprint density at radius 2 is 1.75 bits per heavy atom. The quantitative estimate of drug-likeness (QED) is 0.433. The predicted molar refractivity (Wildman–Crippen MR) is 149 cm³/mol. The Kier molecular flexibility index (Phi) is 7.11. The molecule has 2 saturated heterocycles. The number of benzene rings is 1. The molecule has 7 nitrogen and oxygen atoms in total. The molecule has 0 radical (unpaired) electrons. The highest BCUT2D eigenvalue weighted by Gasteiger charge is 2.44. The highest BCUT2D eigenvalue weighted by molar-refractivity contribution is 5.74. The fraction of sp³-hybridized carbons (Fsp3) is 0.567. The summed E-state index contributed by atoms with van der Waals surface area (Å²) >= 11 is 0. The van der Waals surface area contributed by atoms with E-state index >= 15 is 0 Å². The first-order chi connectivity index (χ1) is 19.2. The Balaban J connectivity index is 1.12. The van der Waals surface area contributed by atoms with Crippen molar-refractivity contribution in [1.29, 1.82) is 0 Å². The molecule has 0 unspecified atom stereocenters. The summed E-state index contributed by atoms with van der Waals surface area (Å²) in [7, 11) is 0. The number of likely N-dealkylation sites (tertiary alicyclic amines) is 1. The average Bonchev–Trinajstić information content (AvgIpc) is 3.70. The minimum Gasteiger partial charge on any atom is -0.339 e. The van der Waals surface area contributed by atoms with Crippen LogP contribution in [-0.2, 0) is 18.3 Å². The summed E-state index contributed by atoms with van der Waals surface area (Å²) in [4.78, 5) is 30.2. The normalized spacial score (nSPS) is 22.6. The first-order valence-electron chi connectivity index (χ1n) is 14.4. The van der Waals surface area contributed by atoms with E-state index in [-0.39, 0.29) is 11.1 Å². The number of hydrogen-bond donors (Lipinski definition) is 0. The van der Waals surface area contributed by atoms with Gasteiger partial charge < -0.3 is 4.90 Å². The van der Waals surface area contributed by atoms with E-state index in [0.717, 1.165) is 76.3 Å². The minimum atomic E-state index is -4.30. The molecule has 10 heteroatoms. The molecule has 1 aliphatic carbocycles. The Morgan fingerprint density at radius 1 is 1.02 bits per heavy atom. The van der Waals surface area contributed by atoms with Crippen LogP contribution in [0.4, 0.5) is 19.1 Å². The molecule has 0 amide bonds. The zero-order valence-corrected chi connectivity index (χ0v) is 23.2. The fourth-order valence-corrected chi connectivity index (χ4v) is 6.47. The van der Waals surface area contributed by atoms with Crippen LogP contribution in [0.25, 0.3) is 11.0 Å². The van der Waals surface area contributed by atoms with Gasteiger partial charge in [0.15, 0.2) is 5.65 Å². The Bertz CT molecular complexity index is 1410. The molecule has 2 aromatic heterocycles. The summed E-state index contributed by atoms with van der Waals surface area (Å²) in [6.07, 6.45) is 2.45. The van der Waals surface area contributed by atoms with E-state index in [0.29, 0.717) is 29.7 Å². The lowest BCUT2D eigenvalue weighted by Crippen LogP contribution is -2.59. The summed E-state index contributed by atoms with van der Waals surface area (Å²) in [5, 5.41) is 0.577. The van der Waals surface area contributed by atoms with Crippen molar-refractivity contribution < 1.29 is 13.2 Å². The maximum Gasteiger partial charge on any atom is 0.416 e. The molecule has 4 heterocycles. The van der Waals surface area contributed by atoms with Crippen molar-refractivity contribution in [1.82, 2.24) is 24.3 Å². The van der Waals surface area contributed by atoms with Crippen LogP contribution in [0.3, 0.4) is 0 Å². The first kappa shape index (κ1) is 27.2. The molecule has 0 N–H and O–H groups in total. The lowest BCUT2D eigenvalue weighted by molar-refractivity contribution is -0.137. The SMILES string of the molecule is CC[C@H]1CN(c2nc3ncccc3c(=O)n2C2(C)CC2)CCN1C1CCN(Cc2ccc(C(F)(F)F)cc2)CC1. The van der Waals surface area contributed by atoms with Crippen LogP contribution in [0.1, 0.15) is 57.1 Å². The van der Waals surface area contributed by atoms with Gasteiger partial charge in [0.05, 0.1) is 10.9 Å². The maximum atomic E-state index is 13.6. The highest BCUT2D eigenvalue weighted by Crippen LogP contribution is 2.44. The number of nitrogens with zero attached hydrogens (tertiary/aromatic N) is 6. The standard InChI is InChI=1S/C30H37F3N6O/c1-3-23-20-37(28-35-26-25(5-4-14-34-26)27(40)39(28)29(2)12-13-29)17-18-38(23)24-10-15-36(16-11-24)19-21-6-8-22(9-7-21)30(31,32)33/h4-9,14,23-24H,3,10-13,15-20H2,1-2H3/t23-/m0/s1. The van der Waals surface area contributed by atoms with Crippen LogP contribution < -0.4 is 10.5 Å². The lowest BCUT2D eigenvalue weighted by Gasteiger charge is -2.48. The summed E-state index contributed by atoms with van der Waals surface area (Å²) in [5.41, 5.74) is 0.655. The van der Waals surface area contributed by atoms with Gasteiger partial charge in [-0.3, -0.25) is 19.2 Å². The molecule has 214 valence electrons. The summed E-state index contributed by atoms with van der Waals surface area (Å²) in [6.45, 7) is 9.45. The molecule has 1 saturated carbocycles. The van der Waals surface area contributed by atoms with Gasteiger partial charge in [-0.2, -0.15) is 18.2 Å². The molecule has 3 aliphatic rings. The molecule has 40 heavy (non-hydrogen) atoms. The van der Waals surface area contributed by atoms with E-state index in [2.05, 4.69) is 33.5 Å². The van der Waals surface area contributed by atoms with Crippen molar-refractivity contribution >= 4 is 17.0 Å². The molecule has 6 rings (SSSR count). The van der Waals surface area contributed by atoms with Gasteiger partial charge in [-0.15, -0.1) is 0 Å². The van der Waals surface area contributed by atoms with Crippen LogP contribution in [0.15, 0.2) is 47.4 Å². The molecule has 0 bridgehead atoms. The van der Waals surface area contributed by atoms with Crippen LogP contribution >= 0.6 is 0 Å². The first-order valence-corrected chi connectivity index (χ1v) is 14.4. The second kappa shape index (κ2) is 10.4. The van der Waals surface area contributed by atoms with E-state index < -0.39 is 11.7 Å². The van der Waals surface area contributed by atoms with Crippen LogP contribution in [0.2, 0.25) is 0 Å². The second-order valence-corrected chi connectivity index (χ2v) is 11.9. The summed E-state index contributed by atoms with van der Waals surface area (Å²) in [5.74, 6) is 0.751. The smallest absolute Gasteiger partial charge is 0.339 e. The number of halogens is 3. The van der Waals surface area contributed by atoms with E-state index in [9.17, 15) is 18.0 Å². The number of alkyl halides is 3. The van der Waals surface area contributed by atoms with Crippen molar-refractivity contribution in [2.75, 3.05) is 37.6 Å². The maximum absolute atomic E-state index is 13.6. The number of piperidine rings is 1. The van der Waals surface area contributed by atoms with E-state index in [1.807, 2.05) is 10.6 Å². The third kappa shape index (κ3) is 5.23. The van der Waals surface area contributed by atoms with Crippen LogP contribution in [0.5, 0.6) is 0 Å². The number of anilines is 1. The van der Waals surface area contributed by atoms with Gasteiger partial charge >= 0.3 is 6.18 Å². The number of fused-ring (bicyclic) bond motifs is 1. The number of pyridine rings is 1. The van der Waals surface area contributed by atoms with Gasteiger partial charge in [-0.25, -0.2) is 4.98 Å². The Morgan fingerprint density at radius 3 is 2.40 bits per heavy atom. The molecule has 2 aliphatic heterocycles. The van der Waals surface area contributed by atoms with Crippen molar-refractivity contribution in [2.45, 2.75) is 76.3 Å². The molecule has 3 aromatic rings. The number of aromatic nitrogens is 3. The Labute approximate surface area is 232 Å². The number of rotatable bonds is 6. The van der Waals surface area contributed by atoms with Crippen LogP contribution in [0, 0.1) is 0 Å². The minimum absolute atomic E-state index is 0.00370. The van der Waals surface area contributed by atoms with Crippen molar-refractivity contribution in [3.05, 3.63) is 64.1 Å². The average molecular weight is 555 g/mol.